The second kappa shape index (κ2) is 9.44. The number of nitrogens with one attached hydrogen (secondary N) is 1. The highest BCUT2D eigenvalue weighted by atomic mass is 32.2. The number of aryl methyl sites for hydroxylation is 1. The van der Waals surface area contributed by atoms with Crippen molar-refractivity contribution in [1.82, 2.24) is 24.8 Å². The molecule has 1 aromatic carbocycles. The van der Waals surface area contributed by atoms with Crippen molar-refractivity contribution in [3.05, 3.63) is 24.0 Å². The van der Waals surface area contributed by atoms with E-state index in [1.807, 2.05) is 0 Å². The van der Waals surface area contributed by atoms with E-state index in [-0.39, 0.29) is 13.4 Å². The van der Waals surface area contributed by atoms with Gasteiger partial charge >= 0.3 is 5.97 Å². The van der Waals surface area contributed by atoms with Crippen molar-refractivity contribution in [2.45, 2.75) is 42.8 Å². The number of carbonyl (C=O) groups excluding carboxylic acids is 1. The molecule has 3 N–H and O–H groups in total. The van der Waals surface area contributed by atoms with Crippen LogP contribution in [0.15, 0.2) is 28.5 Å². The number of rotatable bonds is 7. The molecular weight excluding hydrogens is 444 g/mol. The summed E-state index contributed by atoms with van der Waals surface area (Å²) in [5.41, 5.74) is 7.76. The maximum atomic E-state index is 12.7. The number of fused-ring (bicyclic) bond motifs is 2. The molecule has 0 amide bonds. The summed E-state index contributed by atoms with van der Waals surface area (Å²) >= 11 is 1.36. The number of benzene rings is 1. The average Bonchev–Trinajstić information content (AvgIpc) is 3.42. The van der Waals surface area contributed by atoms with Gasteiger partial charge in [-0.3, -0.25) is 0 Å². The fourth-order valence-corrected chi connectivity index (χ4v) is 5.21. The van der Waals surface area contributed by atoms with E-state index < -0.39 is 5.97 Å². The summed E-state index contributed by atoms with van der Waals surface area (Å²) in [5.74, 6) is 1.66. The number of nitrogen functional groups attached to an aromatic ring is 1. The molecule has 10 nitrogen and oxygen atoms in total. The molecule has 2 aliphatic rings. The van der Waals surface area contributed by atoms with E-state index in [9.17, 15) is 4.79 Å². The van der Waals surface area contributed by atoms with Gasteiger partial charge in [0.25, 0.3) is 0 Å². The van der Waals surface area contributed by atoms with Gasteiger partial charge in [0.15, 0.2) is 33.6 Å². The fraction of sp³-hybridized carbons (Fsp3) is 0.455. The van der Waals surface area contributed by atoms with Crippen LogP contribution < -0.4 is 20.5 Å². The quantitative estimate of drug-likeness (QED) is 0.498. The van der Waals surface area contributed by atoms with Crippen LogP contribution in [0.3, 0.4) is 0 Å². The maximum Gasteiger partial charge on any atom is 0.339 e. The SMILES string of the molecule is CCOC(=O)c1cc2c(cc1Sc1nc3c(N)ncnc3n1CCC1CCNCC1)OCO2. The van der Waals surface area contributed by atoms with Gasteiger partial charge in [0, 0.05) is 11.4 Å². The van der Waals surface area contributed by atoms with Gasteiger partial charge in [0.05, 0.1) is 12.2 Å². The molecular formula is C22H26N6O4S. The number of hydrogen-bond acceptors (Lipinski definition) is 10. The van der Waals surface area contributed by atoms with Crippen LogP contribution in [0.25, 0.3) is 11.2 Å². The number of carbonyl (C=O) groups is 1. The lowest BCUT2D eigenvalue weighted by Gasteiger charge is -2.23. The Morgan fingerprint density at radius 3 is 2.85 bits per heavy atom. The van der Waals surface area contributed by atoms with Crippen LogP contribution in [-0.4, -0.2) is 52.0 Å². The van der Waals surface area contributed by atoms with E-state index >= 15 is 0 Å². The summed E-state index contributed by atoms with van der Waals surface area (Å²) in [6, 6.07) is 3.46. The molecule has 1 fully saturated rings. The van der Waals surface area contributed by atoms with Gasteiger partial charge < -0.3 is 29.8 Å². The van der Waals surface area contributed by atoms with Gasteiger partial charge in [-0.05, 0) is 57.3 Å². The molecule has 0 bridgehead atoms. The highest BCUT2D eigenvalue weighted by molar-refractivity contribution is 7.99. The van der Waals surface area contributed by atoms with Gasteiger partial charge in [0.1, 0.15) is 6.33 Å². The number of aromatic nitrogens is 4. The average molecular weight is 471 g/mol. The van der Waals surface area contributed by atoms with Gasteiger partial charge in [-0.2, -0.15) is 0 Å². The highest BCUT2D eigenvalue weighted by Crippen LogP contribution is 2.41. The Balaban J connectivity index is 1.52. The van der Waals surface area contributed by atoms with Crippen molar-refractivity contribution in [2.24, 2.45) is 5.92 Å². The first-order valence-electron chi connectivity index (χ1n) is 11.1. The van der Waals surface area contributed by atoms with Crippen LogP contribution in [0.1, 0.15) is 36.5 Å². The monoisotopic (exact) mass is 470 g/mol. The molecule has 0 atom stereocenters. The molecule has 174 valence electrons. The molecule has 2 aliphatic heterocycles. The van der Waals surface area contributed by atoms with Crippen LogP contribution in [0.5, 0.6) is 11.5 Å². The molecule has 11 heteroatoms. The second-order valence-electron chi connectivity index (χ2n) is 7.98. The Bertz CT molecular complexity index is 1180. The molecule has 0 unspecified atom stereocenters. The Morgan fingerprint density at radius 1 is 1.27 bits per heavy atom. The third-order valence-corrected chi connectivity index (χ3v) is 6.97. The maximum absolute atomic E-state index is 12.7. The Kier molecular flexibility index (Phi) is 6.23. The first-order valence-corrected chi connectivity index (χ1v) is 11.9. The van der Waals surface area contributed by atoms with Crippen LogP contribution in [0.4, 0.5) is 5.82 Å². The molecule has 5 rings (SSSR count). The molecule has 0 aliphatic carbocycles. The Labute approximate surface area is 195 Å². The van der Waals surface area contributed by atoms with Gasteiger partial charge in [-0.15, -0.1) is 0 Å². The van der Waals surface area contributed by atoms with Gasteiger partial charge in [-0.1, -0.05) is 11.8 Å². The number of nitrogens with two attached hydrogens (primary N) is 1. The van der Waals surface area contributed by atoms with E-state index in [2.05, 4.69) is 19.9 Å². The minimum Gasteiger partial charge on any atom is -0.462 e. The second-order valence-corrected chi connectivity index (χ2v) is 8.99. The molecule has 0 radical (unpaired) electrons. The normalized spacial score (nSPS) is 15.8. The lowest BCUT2D eigenvalue weighted by atomic mass is 9.95. The summed E-state index contributed by atoms with van der Waals surface area (Å²) in [6.07, 6.45) is 4.78. The topological polar surface area (TPSA) is 126 Å². The lowest BCUT2D eigenvalue weighted by molar-refractivity contribution is 0.0522. The third-order valence-electron chi connectivity index (χ3n) is 5.92. The minimum absolute atomic E-state index is 0.118. The standard InChI is InChI=1S/C22H26N6O4S/c1-2-30-21(29)14-9-15-16(32-12-31-15)10-17(14)33-22-27-18-19(23)25-11-26-20(18)28(22)8-5-13-3-6-24-7-4-13/h9-11,13,24H,2-8,12H2,1H3,(H2,23,25,26). The number of anilines is 1. The lowest BCUT2D eigenvalue weighted by Crippen LogP contribution is -2.28. The summed E-state index contributed by atoms with van der Waals surface area (Å²) in [4.78, 5) is 26.7. The molecule has 3 aromatic rings. The zero-order valence-electron chi connectivity index (χ0n) is 18.4. The minimum atomic E-state index is -0.421. The summed E-state index contributed by atoms with van der Waals surface area (Å²) in [7, 11) is 0. The third kappa shape index (κ3) is 4.42. The number of nitrogens with zero attached hydrogens (tertiary/aromatic N) is 4. The van der Waals surface area contributed by atoms with E-state index in [1.54, 1.807) is 19.1 Å². The molecule has 1 saturated heterocycles. The van der Waals surface area contributed by atoms with Crippen LogP contribution in [0.2, 0.25) is 0 Å². The highest BCUT2D eigenvalue weighted by Gasteiger charge is 2.25. The van der Waals surface area contributed by atoms with E-state index in [4.69, 9.17) is 24.9 Å². The summed E-state index contributed by atoms with van der Waals surface area (Å²) < 4.78 is 18.4. The van der Waals surface area contributed by atoms with Crippen molar-refractivity contribution >= 4 is 34.7 Å². The van der Waals surface area contributed by atoms with Gasteiger partial charge in [0.2, 0.25) is 6.79 Å². The molecule has 0 spiro atoms. The molecule has 0 saturated carbocycles. The van der Waals surface area contributed by atoms with Crippen molar-refractivity contribution in [3.8, 4) is 11.5 Å². The number of piperidine rings is 1. The number of hydrogen-bond donors (Lipinski definition) is 2. The predicted molar refractivity (Wildman–Crippen MR) is 123 cm³/mol. The van der Waals surface area contributed by atoms with E-state index in [0.29, 0.717) is 50.0 Å². The van der Waals surface area contributed by atoms with E-state index in [0.717, 1.165) is 38.9 Å². The van der Waals surface area contributed by atoms with Crippen LogP contribution in [-0.2, 0) is 11.3 Å². The van der Waals surface area contributed by atoms with Crippen molar-refractivity contribution in [1.29, 1.82) is 0 Å². The number of imidazole rings is 1. The zero-order valence-corrected chi connectivity index (χ0v) is 19.2. The smallest absolute Gasteiger partial charge is 0.339 e. The van der Waals surface area contributed by atoms with Crippen molar-refractivity contribution in [3.63, 3.8) is 0 Å². The Morgan fingerprint density at radius 2 is 2.06 bits per heavy atom. The summed E-state index contributed by atoms with van der Waals surface area (Å²) in [6.45, 7) is 5.02. The first kappa shape index (κ1) is 21.8. The largest absolute Gasteiger partial charge is 0.462 e. The molecule has 33 heavy (non-hydrogen) atoms. The van der Waals surface area contributed by atoms with E-state index in [1.165, 1.54) is 18.1 Å². The fourth-order valence-electron chi connectivity index (χ4n) is 4.17. The number of esters is 1. The summed E-state index contributed by atoms with van der Waals surface area (Å²) in [5, 5.41) is 4.10. The predicted octanol–water partition coefficient (Wildman–Crippen LogP) is 2.85. The first-order chi connectivity index (χ1) is 16.1. The van der Waals surface area contributed by atoms with Crippen molar-refractivity contribution in [2.75, 3.05) is 32.2 Å². The molecule has 4 heterocycles. The molecule has 2 aromatic heterocycles. The van der Waals surface area contributed by atoms with Crippen LogP contribution >= 0.6 is 11.8 Å². The number of ether oxygens (including phenoxy) is 3. The van der Waals surface area contributed by atoms with Crippen molar-refractivity contribution < 1.29 is 19.0 Å². The Hall–Kier alpha value is -3.05. The zero-order chi connectivity index (χ0) is 22.8. The van der Waals surface area contributed by atoms with Crippen LogP contribution in [0, 0.1) is 5.92 Å². The van der Waals surface area contributed by atoms with Gasteiger partial charge in [-0.25, -0.2) is 19.7 Å².